The van der Waals surface area contributed by atoms with Gasteiger partial charge in [0.25, 0.3) is 11.9 Å². The van der Waals surface area contributed by atoms with Crippen molar-refractivity contribution in [1.29, 1.82) is 0 Å². The van der Waals surface area contributed by atoms with E-state index in [2.05, 4.69) is 41.3 Å². The van der Waals surface area contributed by atoms with E-state index in [9.17, 15) is 10.2 Å². The number of rotatable bonds is 2. The summed E-state index contributed by atoms with van der Waals surface area (Å²) in [5, 5.41) is 48.1. The van der Waals surface area contributed by atoms with Crippen molar-refractivity contribution in [3.63, 3.8) is 0 Å². The van der Waals surface area contributed by atoms with Crippen molar-refractivity contribution in [3.8, 4) is 0 Å². The van der Waals surface area contributed by atoms with Crippen molar-refractivity contribution in [2.75, 3.05) is 11.5 Å². The van der Waals surface area contributed by atoms with Crippen molar-refractivity contribution < 1.29 is 10.2 Å². The van der Waals surface area contributed by atoms with Crippen LogP contribution in [0.1, 0.15) is 0 Å². The Labute approximate surface area is 97.2 Å². The van der Waals surface area contributed by atoms with Gasteiger partial charge in [0.1, 0.15) is 0 Å². The summed E-state index contributed by atoms with van der Waals surface area (Å²) < 4.78 is 0. The van der Waals surface area contributed by atoms with Crippen molar-refractivity contribution in [3.05, 3.63) is 0 Å². The molecule has 2 rings (SSSR count). The van der Waals surface area contributed by atoms with Crippen LogP contribution in [0.15, 0.2) is 10.2 Å². The number of hydrogen-bond acceptors (Lipinski definition) is 12. The number of nitrogen functional groups attached to an aromatic ring is 2. The molecule has 2 aromatic rings. The molecule has 0 bridgehead atoms. The predicted octanol–water partition coefficient (Wildman–Crippen LogP) is -5.43. The van der Waals surface area contributed by atoms with Gasteiger partial charge in [-0.05, 0) is 20.9 Å². The molecule has 14 nitrogen and oxygen atoms in total. The van der Waals surface area contributed by atoms with Crippen LogP contribution in [0.2, 0.25) is 0 Å². The molecule has 0 fully saturated rings. The van der Waals surface area contributed by atoms with Gasteiger partial charge in [-0.15, -0.1) is 0 Å². The second-order valence-electron chi connectivity index (χ2n) is 2.66. The van der Waals surface area contributed by atoms with E-state index in [1.54, 1.807) is 0 Å². The van der Waals surface area contributed by atoms with Gasteiger partial charge in [0.15, 0.2) is 0 Å². The summed E-state index contributed by atoms with van der Waals surface area (Å²) in [6.07, 6.45) is 0. The Morgan fingerprint density at radius 3 is 1.56 bits per heavy atom. The van der Waals surface area contributed by atoms with Crippen LogP contribution in [0.4, 0.5) is 11.9 Å². The molecule has 0 amide bonds. The van der Waals surface area contributed by atoms with Gasteiger partial charge < -0.3 is 21.7 Å². The van der Waals surface area contributed by atoms with Gasteiger partial charge in [-0.1, -0.05) is 19.8 Å². The first-order valence-electron chi connectivity index (χ1n) is 4.18. The Hall–Kier alpha value is -3.32. The molecule has 0 spiro atoms. The molecule has 0 radical (unpaired) electrons. The summed E-state index contributed by atoms with van der Waals surface area (Å²) in [4.78, 5) is 1.14. The van der Waals surface area contributed by atoms with E-state index < -0.39 is 11.8 Å². The number of hydrogen-bond donors (Lipinski definition) is 2. The minimum Gasteiger partial charge on any atom is -0.857 e. The van der Waals surface area contributed by atoms with Crippen LogP contribution in [0.25, 0.3) is 0 Å². The molecule has 14 heteroatoms. The molecular formula is C4H4N12O2-2. The predicted molar refractivity (Wildman–Crippen MR) is 50.1 cm³/mol. The zero-order chi connectivity index (χ0) is 13.1. The van der Waals surface area contributed by atoms with Gasteiger partial charge in [0.2, 0.25) is 0 Å². The number of nitrogens with zero attached hydrogens (tertiary/aromatic N) is 10. The zero-order valence-corrected chi connectivity index (χ0v) is 8.44. The number of aromatic nitrogens is 8. The van der Waals surface area contributed by atoms with Gasteiger partial charge in [-0.2, -0.15) is 10.2 Å². The van der Waals surface area contributed by atoms with Gasteiger partial charge in [-0.3, -0.25) is 0 Å². The average molecular weight is 252 g/mol. The minimum atomic E-state index is -1.27. The maximum atomic E-state index is 11.3. The monoisotopic (exact) mass is 252 g/mol. The lowest BCUT2D eigenvalue weighted by Crippen LogP contribution is -2.39. The lowest BCUT2D eigenvalue weighted by atomic mass is 10.7. The Morgan fingerprint density at radius 1 is 0.889 bits per heavy atom. The lowest BCUT2D eigenvalue weighted by molar-refractivity contribution is -0.249. The van der Waals surface area contributed by atoms with Crippen molar-refractivity contribution in [2.24, 2.45) is 10.2 Å². The van der Waals surface area contributed by atoms with Crippen LogP contribution in [-0.4, -0.2) is 52.4 Å². The van der Waals surface area contributed by atoms with Crippen LogP contribution in [0, 0.1) is 0 Å². The second kappa shape index (κ2) is 4.28. The van der Waals surface area contributed by atoms with Crippen LogP contribution in [0.3, 0.4) is 0 Å². The zero-order valence-electron chi connectivity index (χ0n) is 8.44. The van der Waals surface area contributed by atoms with E-state index in [-0.39, 0.29) is 11.9 Å². The number of nitrogens with two attached hydrogens (primary N) is 2. The van der Waals surface area contributed by atoms with Crippen molar-refractivity contribution in [1.82, 2.24) is 40.6 Å². The average Bonchev–Trinajstić information content (AvgIpc) is 2.90. The largest absolute Gasteiger partial charge is 0.857 e. The molecular weight excluding hydrogens is 248 g/mol. The van der Waals surface area contributed by atoms with Gasteiger partial charge in [-0.25, -0.2) is 0 Å². The summed E-state index contributed by atoms with van der Waals surface area (Å²) >= 11 is 0. The van der Waals surface area contributed by atoms with E-state index in [0.29, 0.717) is 9.58 Å². The summed E-state index contributed by atoms with van der Waals surface area (Å²) in [5.41, 5.74) is 10.5. The molecule has 4 N–H and O–H groups in total. The molecule has 0 saturated carbocycles. The van der Waals surface area contributed by atoms with Crippen LogP contribution < -0.4 is 21.7 Å². The summed E-state index contributed by atoms with van der Waals surface area (Å²) in [5.74, 6) is -3.08. The third kappa shape index (κ3) is 2.10. The standard InChI is InChI=1S/C4H6N12O2/c5-3-7-11-13-15(3)9-1(17)2(18)10-16-4(6)8-12-14-16/h(H,9,17)(H,10,18)(H2,5,7,13)(H2,6,8,14)/p-2. The molecule has 0 aliphatic heterocycles. The van der Waals surface area contributed by atoms with Crippen molar-refractivity contribution >= 4 is 23.7 Å². The molecule has 0 aromatic carbocycles. The maximum absolute atomic E-state index is 11.3. The lowest BCUT2D eigenvalue weighted by Gasteiger charge is -2.15. The topological polar surface area (TPSA) is 210 Å². The fourth-order valence-corrected chi connectivity index (χ4v) is 0.779. The van der Waals surface area contributed by atoms with Crippen LogP contribution >= 0.6 is 0 Å². The Bertz CT molecular complexity index is 553. The first-order chi connectivity index (χ1) is 8.58. The second-order valence-corrected chi connectivity index (χ2v) is 2.66. The fraction of sp³-hybridized carbons (Fsp3) is 0. The molecule has 0 atom stereocenters. The first-order valence-corrected chi connectivity index (χ1v) is 4.18. The summed E-state index contributed by atoms with van der Waals surface area (Å²) in [7, 11) is 0. The van der Waals surface area contributed by atoms with Gasteiger partial charge in [0.05, 0.1) is 0 Å². The molecule has 0 aliphatic rings. The van der Waals surface area contributed by atoms with Crippen LogP contribution in [-0.2, 0) is 0 Å². The highest BCUT2D eigenvalue weighted by Crippen LogP contribution is 1.92. The minimum absolute atomic E-state index is 0.266. The molecule has 18 heavy (non-hydrogen) atoms. The van der Waals surface area contributed by atoms with Crippen molar-refractivity contribution in [2.45, 2.75) is 0 Å². The molecule has 0 aliphatic carbocycles. The SMILES string of the molecule is Nc1nnnn1N=C([O-])C([O-])=Nn1nnnc1N. The van der Waals surface area contributed by atoms with E-state index >= 15 is 0 Å². The normalized spacial score (nSPS) is 12.9. The number of anilines is 2. The van der Waals surface area contributed by atoms with Crippen LogP contribution in [0.5, 0.6) is 0 Å². The van der Waals surface area contributed by atoms with E-state index in [4.69, 9.17) is 11.5 Å². The maximum Gasteiger partial charge on any atom is 0.262 e. The third-order valence-electron chi connectivity index (χ3n) is 1.51. The first kappa shape index (κ1) is 11.2. The van der Waals surface area contributed by atoms with Gasteiger partial charge in [0, 0.05) is 11.8 Å². The Kier molecular flexibility index (Phi) is 2.65. The highest BCUT2D eigenvalue weighted by Gasteiger charge is 1.99. The van der Waals surface area contributed by atoms with E-state index in [0.717, 1.165) is 0 Å². The summed E-state index contributed by atoms with van der Waals surface area (Å²) in [6, 6.07) is 0. The number of tetrazole rings is 2. The van der Waals surface area contributed by atoms with Gasteiger partial charge >= 0.3 is 0 Å². The smallest absolute Gasteiger partial charge is 0.262 e. The fourth-order valence-electron chi connectivity index (χ4n) is 0.779. The molecule has 2 heterocycles. The van der Waals surface area contributed by atoms with E-state index in [1.165, 1.54) is 0 Å². The Morgan fingerprint density at radius 2 is 1.28 bits per heavy atom. The highest BCUT2D eigenvalue weighted by atomic mass is 16.3. The molecule has 0 unspecified atom stereocenters. The summed E-state index contributed by atoms with van der Waals surface area (Å²) in [6.45, 7) is 0. The quantitative estimate of drug-likeness (QED) is 0.382. The molecule has 2 aromatic heterocycles. The molecule has 94 valence electrons. The Balaban J connectivity index is 2.27. The third-order valence-corrected chi connectivity index (χ3v) is 1.51. The molecule has 0 saturated heterocycles. The highest BCUT2D eigenvalue weighted by molar-refractivity contribution is 6.31. The van der Waals surface area contributed by atoms with E-state index in [1.807, 2.05) is 0 Å².